The second kappa shape index (κ2) is 7.21. The van der Waals surface area contributed by atoms with Crippen LogP contribution in [0, 0.1) is 10.1 Å². The number of hydrogen-bond donors (Lipinski definition) is 0. The van der Waals surface area contributed by atoms with Crippen LogP contribution in [0.3, 0.4) is 0 Å². The molecule has 0 spiro atoms. The van der Waals surface area contributed by atoms with Crippen molar-refractivity contribution in [1.29, 1.82) is 0 Å². The van der Waals surface area contributed by atoms with E-state index in [1.54, 1.807) is 30.1 Å². The molecular formula is C14H15N3O5. The molecule has 0 saturated heterocycles. The summed E-state index contributed by atoms with van der Waals surface area (Å²) < 4.78 is 11.8. The summed E-state index contributed by atoms with van der Waals surface area (Å²) in [5.74, 6) is -0.501. The lowest BCUT2D eigenvalue weighted by molar-refractivity contribution is -0.385. The minimum absolute atomic E-state index is 0.107. The molecule has 0 N–H and O–H groups in total. The van der Waals surface area contributed by atoms with E-state index in [9.17, 15) is 14.9 Å². The Labute approximate surface area is 126 Å². The smallest absolute Gasteiger partial charge is 0.338 e. The van der Waals surface area contributed by atoms with Gasteiger partial charge in [0, 0.05) is 18.5 Å². The van der Waals surface area contributed by atoms with Crippen LogP contribution in [0.15, 0.2) is 36.7 Å². The normalized spacial score (nSPS) is 10.2. The molecule has 0 unspecified atom stereocenters. The molecule has 116 valence electrons. The Morgan fingerprint density at radius 3 is 2.91 bits per heavy atom. The van der Waals surface area contributed by atoms with Gasteiger partial charge in [-0.05, 0) is 25.1 Å². The molecule has 0 bridgehead atoms. The van der Waals surface area contributed by atoms with E-state index in [-0.39, 0.29) is 23.6 Å². The number of benzene rings is 1. The quantitative estimate of drug-likeness (QED) is 0.441. The first-order valence-electron chi connectivity index (χ1n) is 6.67. The third kappa shape index (κ3) is 3.81. The van der Waals surface area contributed by atoms with Gasteiger partial charge in [-0.2, -0.15) is 5.10 Å². The van der Waals surface area contributed by atoms with Gasteiger partial charge in [-0.3, -0.25) is 14.8 Å². The zero-order valence-corrected chi connectivity index (χ0v) is 12.0. The number of ether oxygens (including phenoxy) is 2. The highest BCUT2D eigenvalue weighted by atomic mass is 16.6. The number of nitrogens with zero attached hydrogens (tertiary/aromatic N) is 3. The maximum absolute atomic E-state index is 11.9. The minimum atomic E-state index is -0.627. The maximum atomic E-state index is 11.9. The number of hydrogen-bond acceptors (Lipinski definition) is 6. The number of carbonyl (C=O) groups is 1. The van der Waals surface area contributed by atoms with Gasteiger partial charge < -0.3 is 9.47 Å². The van der Waals surface area contributed by atoms with Crippen molar-refractivity contribution in [2.24, 2.45) is 0 Å². The van der Waals surface area contributed by atoms with E-state index in [2.05, 4.69) is 5.10 Å². The molecule has 0 amide bonds. The number of nitro benzene ring substituents is 1. The Morgan fingerprint density at radius 2 is 2.27 bits per heavy atom. The molecule has 8 heteroatoms. The first-order valence-corrected chi connectivity index (χ1v) is 6.67. The van der Waals surface area contributed by atoms with E-state index < -0.39 is 10.9 Å². The first kappa shape index (κ1) is 15.5. The van der Waals surface area contributed by atoms with Gasteiger partial charge in [0.05, 0.1) is 23.6 Å². The predicted molar refractivity (Wildman–Crippen MR) is 76.8 cm³/mol. The molecule has 1 aromatic carbocycles. The topological polar surface area (TPSA) is 96.5 Å². The van der Waals surface area contributed by atoms with E-state index in [0.717, 1.165) is 6.07 Å². The molecule has 0 radical (unpaired) electrons. The van der Waals surface area contributed by atoms with Crippen molar-refractivity contribution in [3.8, 4) is 5.75 Å². The molecule has 1 aromatic heterocycles. The summed E-state index contributed by atoms with van der Waals surface area (Å²) in [6.45, 7) is 2.56. The van der Waals surface area contributed by atoms with Gasteiger partial charge >= 0.3 is 11.7 Å². The lowest BCUT2D eigenvalue weighted by Gasteiger charge is -2.07. The van der Waals surface area contributed by atoms with Crippen LogP contribution in [0.1, 0.15) is 17.3 Å². The number of aromatic nitrogens is 2. The SMILES string of the molecule is CCOc1ccc(C(=O)OCCn2cccn2)cc1[N+](=O)[O-]. The Hall–Kier alpha value is -2.90. The molecule has 22 heavy (non-hydrogen) atoms. The third-order valence-electron chi connectivity index (χ3n) is 2.80. The van der Waals surface area contributed by atoms with Gasteiger partial charge in [0.1, 0.15) is 6.61 Å². The van der Waals surface area contributed by atoms with Crippen LogP contribution < -0.4 is 4.74 Å². The molecule has 0 fully saturated rings. The van der Waals surface area contributed by atoms with E-state index in [4.69, 9.17) is 9.47 Å². The van der Waals surface area contributed by atoms with Gasteiger partial charge in [-0.15, -0.1) is 0 Å². The van der Waals surface area contributed by atoms with E-state index >= 15 is 0 Å². The highest BCUT2D eigenvalue weighted by Crippen LogP contribution is 2.28. The van der Waals surface area contributed by atoms with Gasteiger partial charge in [-0.1, -0.05) is 0 Å². The summed E-state index contributed by atoms with van der Waals surface area (Å²) in [4.78, 5) is 22.3. The van der Waals surface area contributed by atoms with Crippen molar-refractivity contribution in [3.63, 3.8) is 0 Å². The number of esters is 1. The zero-order valence-electron chi connectivity index (χ0n) is 12.0. The van der Waals surface area contributed by atoms with Gasteiger partial charge in [0.15, 0.2) is 5.75 Å². The summed E-state index contributed by atoms with van der Waals surface area (Å²) in [6, 6.07) is 5.75. The summed E-state index contributed by atoms with van der Waals surface area (Å²) in [5, 5.41) is 15.0. The average Bonchev–Trinajstić information content (AvgIpc) is 3.01. The van der Waals surface area contributed by atoms with Crippen molar-refractivity contribution >= 4 is 11.7 Å². The van der Waals surface area contributed by atoms with Gasteiger partial charge in [0.25, 0.3) is 0 Å². The van der Waals surface area contributed by atoms with Crippen LogP contribution in [0.2, 0.25) is 0 Å². The first-order chi connectivity index (χ1) is 10.6. The maximum Gasteiger partial charge on any atom is 0.338 e. The van der Waals surface area contributed by atoms with E-state index in [1.165, 1.54) is 12.1 Å². The molecule has 0 atom stereocenters. The Kier molecular flexibility index (Phi) is 5.07. The second-order valence-corrected chi connectivity index (χ2v) is 4.28. The van der Waals surface area contributed by atoms with Crippen LogP contribution in [0.25, 0.3) is 0 Å². The fraction of sp³-hybridized carbons (Fsp3) is 0.286. The molecular weight excluding hydrogens is 290 g/mol. The molecule has 2 rings (SSSR count). The Balaban J connectivity index is 2.02. The monoisotopic (exact) mass is 305 g/mol. The molecule has 0 saturated carbocycles. The van der Waals surface area contributed by atoms with Gasteiger partial charge in [-0.25, -0.2) is 4.79 Å². The standard InChI is InChI=1S/C14H15N3O5/c1-2-21-13-5-4-11(10-12(13)17(19)20)14(18)22-9-8-16-7-3-6-15-16/h3-7,10H,2,8-9H2,1H3. The minimum Gasteiger partial charge on any atom is -0.487 e. The van der Waals surface area contributed by atoms with Crippen LogP contribution in [0.5, 0.6) is 5.75 Å². The van der Waals surface area contributed by atoms with E-state index in [0.29, 0.717) is 13.2 Å². The molecule has 0 aliphatic heterocycles. The highest BCUT2D eigenvalue weighted by molar-refractivity contribution is 5.90. The largest absolute Gasteiger partial charge is 0.487 e. The fourth-order valence-electron chi connectivity index (χ4n) is 1.81. The second-order valence-electron chi connectivity index (χ2n) is 4.28. The van der Waals surface area contributed by atoms with Crippen LogP contribution in [0.4, 0.5) is 5.69 Å². The van der Waals surface area contributed by atoms with Crippen molar-refractivity contribution in [3.05, 3.63) is 52.3 Å². The lowest BCUT2D eigenvalue weighted by Crippen LogP contribution is -2.12. The summed E-state index contributed by atoms with van der Waals surface area (Å²) in [5.41, 5.74) is -0.154. The summed E-state index contributed by atoms with van der Waals surface area (Å²) >= 11 is 0. The summed E-state index contributed by atoms with van der Waals surface area (Å²) in [6.07, 6.45) is 3.37. The average molecular weight is 305 g/mol. The van der Waals surface area contributed by atoms with Crippen molar-refractivity contribution < 1.29 is 19.2 Å². The number of nitro groups is 1. The third-order valence-corrected chi connectivity index (χ3v) is 2.80. The van der Waals surface area contributed by atoms with Crippen molar-refractivity contribution in [1.82, 2.24) is 9.78 Å². The fourth-order valence-corrected chi connectivity index (χ4v) is 1.81. The number of rotatable bonds is 7. The van der Waals surface area contributed by atoms with Crippen molar-refractivity contribution in [2.45, 2.75) is 13.5 Å². The molecule has 1 heterocycles. The highest BCUT2D eigenvalue weighted by Gasteiger charge is 2.19. The van der Waals surface area contributed by atoms with Gasteiger partial charge in [0.2, 0.25) is 0 Å². The molecule has 0 aliphatic carbocycles. The van der Waals surface area contributed by atoms with Crippen LogP contribution in [-0.2, 0) is 11.3 Å². The Morgan fingerprint density at radius 1 is 1.45 bits per heavy atom. The van der Waals surface area contributed by atoms with Crippen LogP contribution in [-0.4, -0.2) is 33.9 Å². The predicted octanol–water partition coefficient (Wildman–Crippen LogP) is 2.05. The van der Waals surface area contributed by atoms with E-state index in [1.807, 2.05) is 0 Å². The summed E-state index contributed by atoms with van der Waals surface area (Å²) in [7, 11) is 0. The zero-order chi connectivity index (χ0) is 15.9. The molecule has 8 nitrogen and oxygen atoms in total. The van der Waals surface area contributed by atoms with Crippen molar-refractivity contribution in [2.75, 3.05) is 13.2 Å². The lowest BCUT2D eigenvalue weighted by atomic mass is 10.2. The van der Waals surface area contributed by atoms with Crippen LogP contribution >= 0.6 is 0 Å². The Bertz CT molecular complexity index is 655. The molecule has 2 aromatic rings. The molecule has 0 aliphatic rings. The number of carbonyl (C=O) groups excluding carboxylic acids is 1.